The highest BCUT2D eigenvalue weighted by atomic mass is 16.1. The molecule has 0 aliphatic rings. The molecule has 0 saturated heterocycles. The highest BCUT2D eigenvalue weighted by Gasteiger charge is 2.11. The number of aromatic nitrogens is 1. The van der Waals surface area contributed by atoms with Crippen molar-refractivity contribution < 1.29 is 4.79 Å². The second kappa shape index (κ2) is 6.02. The van der Waals surface area contributed by atoms with Gasteiger partial charge in [-0.2, -0.15) is 0 Å². The molecule has 1 aromatic rings. The number of aryl methyl sites for hydroxylation is 1. The number of carbonyl (C=O) groups is 1. The second-order valence-electron chi connectivity index (χ2n) is 5.91. The van der Waals surface area contributed by atoms with E-state index in [0.29, 0.717) is 0 Å². The van der Waals surface area contributed by atoms with Crippen molar-refractivity contribution in [1.82, 2.24) is 10.3 Å². The minimum absolute atomic E-state index is 0.0787. The Balaban J connectivity index is 2.77. The van der Waals surface area contributed by atoms with Crippen LogP contribution in [0.5, 0.6) is 0 Å². The largest absolute Gasteiger partial charge is 0.368 e. The predicted octanol–water partition coefficient (Wildman–Crippen LogP) is 1.20. The van der Waals surface area contributed by atoms with Crippen LogP contribution in [0.1, 0.15) is 31.9 Å². The van der Waals surface area contributed by atoms with Crippen molar-refractivity contribution in [2.24, 2.45) is 5.73 Å². The maximum Gasteiger partial charge on any atom is 0.236 e. The van der Waals surface area contributed by atoms with Crippen molar-refractivity contribution in [3.8, 4) is 0 Å². The average Bonchev–Trinajstić information content (AvgIpc) is 2.24. The van der Waals surface area contributed by atoms with E-state index in [-0.39, 0.29) is 18.0 Å². The molecular formula is C14H24N4O. The van der Waals surface area contributed by atoms with Crippen molar-refractivity contribution >= 4 is 11.7 Å². The van der Waals surface area contributed by atoms with E-state index in [4.69, 9.17) is 5.73 Å². The Morgan fingerprint density at radius 1 is 1.47 bits per heavy atom. The number of nitrogens with one attached hydrogen (secondary N) is 1. The van der Waals surface area contributed by atoms with Crippen molar-refractivity contribution in [2.45, 2.75) is 39.8 Å². The fraction of sp³-hybridized carbons (Fsp3) is 0.571. The molecular weight excluding hydrogens is 240 g/mol. The van der Waals surface area contributed by atoms with Gasteiger partial charge >= 0.3 is 0 Å². The SMILES string of the molecule is Cc1cc(CNC(C)(C)C)cnc1N(C)CC(N)=O. The number of primary amides is 1. The zero-order valence-corrected chi connectivity index (χ0v) is 12.4. The zero-order chi connectivity index (χ0) is 14.6. The fourth-order valence-electron chi connectivity index (χ4n) is 1.80. The number of pyridine rings is 1. The molecule has 0 aromatic carbocycles. The Hall–Kier alpha value is -1.62. The molecule has 1 rings (SSSR count). The lowest BCUT2D eigenvalue weighted by Gasteiger charge is -2.22. The van der Waals surface area contributed by atoms with Gasteiger partial charge in [0.1, 0.15) is 5.82 Å². The number of hydrogen-bond donors (Lipinski definition) is 2. The first-order valence-electron chi connectivity index (χ1n) is 6.39. The van der Waals surface area contributed by atoms with E-state index in [2.05, 4.69) is 37.1 Å². The van der Waals surface area contributed by atoms with Crippen molar-refractivity contribution in [3.63, 3.8) is 0 Å². The van der Waals surface area contributed by atoms with Crippen molar-refractivity contribution in [2.75, 3.05) is 18.5 Å². The number of carbonyl (C=O) groups excluding carboxylic acids is 1. The summed E-state index contributed by atoms with van der Waals surface area (Å²) in [5.74, 6) is 0.431. The predicted molar refractivity (Wildman–Crippen MR) is 78.0 cm³/mol. The minimum Gasteiger partial charge on any atom is -0.368 e. The molecule has 1 heterocycles. The molecule has 0 aliphatic heterocycles. The molecule has 3 N–H and O–H groups in total. The van der Waals surface area contributed by atoms with E-state index in [1.165, 1.54) is 0 Å². The van der Waals surface area contributed by atoms with E-state index in [1.807, 2.05) is 20.2 Å². The van der Waals surface area contributed by atoms with Gasteiger partial charge in [0.2, 0.25) is 5.91 Å². The van der Waals surface area contributed by atoms with Gasteiger partial charge in [0.05, 0.1) is 6.54 Å². The van der Waals surface area contributed by atoms with Gasteiger partial charge in [0.25, 0.3) is 0 Å². The van der Waals surface area contributed by atoms with Crippen molar-refractivity contribution in [3.05, 3.63) is 23.4 Å². The summed E-state index contributed by atoms with van der Waals surface area (Å²) in [5.41, 5.74) is 7.43. The molecule has 0 radical (unpaired) electrons. The second-order valence-corrected chi connectivity index (χ2v) is 5.91. The first-order chi connectivity index (χ1) is 8.69. The number of amides is 1. The Morgan fingerprint density at radius 2 is 2.11 bits per heavy atom. The van der Waals surface area contributed by atoms with Gasteiger partial charge in [-0.15, -0.1) is 0 Å². The molecule has 0 saturated carbocycles. The first-order valence-corrected chi connectivity index (χ1v) is 6.39. The average molecular weight is 264 g/mol. The van der Waals surface area contributed by atoms with Crippen LogP contribution in [0.25, 0.3) is 0 Å². The van der Waals surface area contributed by atoms with Gasteiger partial charge in [-0.3, -0.25) is 4.79 Å². The number of nitrogens with two attached hydrogens (primary N) is 1. The van der Waals surface area contributed by atoms with E-state index in [0.717, 1.165) is 23.5 Å². The van der Waals surface area contributed by atoms with Gasteiger partial charge in [-0.25, -0.2) is 4.98 Å². The first kappa shape index (κ1) is 15.4. The molecule has 0 spiro atoms. The summed E-state index contributed by atoms with van der Waals surface area (Å²) < 4.78 is 0. The highest BCUT2D eigenvalue weighted by molar-refractivity contribution is 5.79. The lowest BCUT2D eigenvalue weighted by atomic mass is 10.1. The van der Waals surface area contributed by atoms with Crippen LogP contribution in [0.4, 0.5) is 5.82 Å². The van der Waals surface area contributed by atoms with Gasteiger partial charge in [-0.1, -0.05) is 0 Å². The Morgan fingerprint density at radius 3 is 2.58 bits per heavy atom. The van der Waals surface area contributed by atoms with Gasteiger partial charge < -0.3 is 16.0 Å². The van der Waals surface area contributed by atoms with E-state index in [9.17, 15) is 4.79 Å². The maximum absolute atomic E-state index is 10.9. The topological polar surface area (TPSA) is 71.2 Å². The standard InChI is InChI=1S/C14H24N4O/c1-10-6-11(8-17-14(2,3)4)7-16-13(10)18(5)9-12(15)19/h6-7,17H,8-9H2,1-5H3,(H2,15,19). The Kier molecular flexibility index (Phi) is 4.89. The van der Waals surface area contributed by atoms with Crippen LogP contribution in [0, 0.1) is 6.92 Å². The third-order valence-corrected chi connectivity index (χ3v) is 2.68. The van der Waals surface area contributed by atoms with Crippen LogP contribution < -0.4 is 16.0 Å². The number of hydrogen-bond acceptors (Lipinski definition) is 4. The Bertz CT molecular complexity index is 451. The summed E-state index contributed by atoms with van der Waals surface area (Å²) in [5, 5.41) is 3.42. The van der Waals surface area contributed by atoms with E-state index in [1.54, 1.807) is 4.90 Å². The summed E-state index contributed by atoms with van der Waals surface area (Å²) in [6.07, 6.45) is 1.83. The summed E-state index contributed by atoms with van der Waals surface area (Å²) in [4.78, 5) is 17.1. The molecule has 0 atom stereocenters. The quantitative estimate of drug-likeness (QED) is 0.838. The lowest BCUT2D eigenvalue weighted by Crippen LogP contribution is -2.35. The fourth-order valence-corrected chi connectivity index (χ4v) is 1.80. The lowest BCUT2D eigenvalue weighted by molar-refractivity contribution is -0.116. The van der Waals surface area contributed by atoms with E-state index < -0.39 is 0 Å². The summed E-state index contributed by atoms with van der Waals surface area (Å²) in [7, 11) is 1.81. The zero-order valence-electron chi connectivity index (χ0n) is 12.4. The number of nitrogens with zero attached hydrogens (tertiary/aromatic N) is 2. The number of anilines is 1. The van der Waals surface area contributed by atoms with Crippen LogP contribution in [-0.2, 0) is 11.3 Å². The summed E-state index contributed by atoms with van der Waals surface area (Å²) in [6, 6.07) is 2.08. The molecule has 5 nitrogen and oxygen atoms in total. The van der Waals surface area contributed by atoms with Gasteiger partial charge in [0.15, 0.2) is 0 Å². The monoisotopic (exact) mass is 264 g/mol. The molecule has 0 bridgehead atoms. The van der Waals surface area contributed by atoms with E-state index >= 15 is 0 Å². The molecule has 106 valence electrons. The molecule has 1 amide bonds. The van der Waals surface area contributed by atoms with Crippen LogP contribution in [0.2, 0.25) is 0 Å². The number of likely N-dealkylation sites (N-methyl/N-ethyl adjacent to an activating group) is 1. The van der Waals surface area contributed by atoms with Crippen LogP contribution in [-0.4, -0.2) is 30.0 Å². The van der Waals surface area contributed by atoms with Gasteiger partial charge in [0, 0.05) is 25.3 Å². The minimum atomic E-state index is -0.359. The third kappa shape index (κ3) is 5.26. The molecule has 19 heavy (non-hydrogen) atoms. The normalized spacial score (nSPS) is 11.4. The van der Waals surface area contributed by atoms with Crippen LogP contribution >= 0.6 is 0 Å². The Labute approximate surface area is 115 Å². The van der Waals surface area contributed by atoms with Crippen LogP contribution in [0.3, 0.4) is 0 Å². The van der Waals surface area contributed by atoms with Crippen molar-refractivity contribution in [1.29, 1.82) is 0 Å². The summed E-state index contributed by atoms with van der Waals surface area (Å²) in [6.45, 7) is 9.32. The molecule has 5 heteroatoms. The van der Waals surface area contributed by atoms with Crippen LogP contribution in [0.15, 0.2) is 12.3 Å². The summed E-state index contributed by atoms with van der Waals surface area (Å²) >= 11 is 0. The third-order valence-electron chi connectivity index (χ3n) is 2.68. The maximum atomic E-state index is 10.9. The highest BCUT2D eigenvalue weighted by Crippen LogP contribution is 2.16. The molecule has 0 fully saturated rings. The smallest absolute Gasteiger partial charge is 0.236 e. The van der Waals surface area contributed by atoms with Gasteiger partial charge in [-0.05, 0) is 44.9 Å². The molecule has 0 aliphatic carbocycles. The molecule has 0 unspecified atom stereocenters. The number of rotatable bonds is 5. The molecule has 1 aromatic heterocycles.